The Morgan fingerprint density at radius 3 is 2.88 bits per heavy atom. The Morgan fingerprint density at radius 1 is 1.34 bits per heavy atom. The van der Waals surface area contributed by atoms with Gasteiger partial charge in [-0.2, -0.15) is 0 Å². The van der Waals surface area contributed by atoms with E-state index in [4.69, 9.17) is 4.74 Å². The van der Waals surface area contributed by atoms with Crippen LogP contribution in [0.4, 0.5) is 0 Å². The monoisotopic (exact) mass is 458 g/mol. The Kier molecular flexibility index (Phi) is 7.33. The highest BCUT2D eigenvalue weighted by molar-refractivity contribution is 7.03. The third-order valence-corrected chi connectivity index (χ3v) is 7.03. The number of carbonyl (C=O) groups is 2. The Morgan fingerprint density at radius 2 is 2.16 bits per heavy atom. The van der Waals surface area contributed by atoms with Crippen molar-refractivity contribution in [1.29, 1.82) is 0 Å². The first kappa shape index (κ1) is 22.6. The van der Waals surface area contributed by atoms with Gasteiger partial charge in [0.15, 0.2) is 0 Å². The van der Waals surface area contributed by atoms with Crippen LogP contribution in [0.1, 0.15) is 30.5 Å². The Balaban J connectivity index is 1.29. The second kappa shape index (κ2) is 10.4. The molecule has 1 aromatic carbocycles. The summed E-state index contributed by atoms with van der Waals surface area (Å²) >= 11 is 1.33. The van der Waals surface area contributed by atoms with Crippen LogP contribution in [0.2, 0.25) is 0 Å². The zero-order valence-corrected chi connectivity index (χ0v) is 19.3. The van der Waals surface area contributed by atoms with Crippen LogP contribution in [-0.2, 0) is 22.7 Å². The van der Waals surface area contributed by atoms with Crippen LogP contribution in [0.5, 0.6) is 5.75 Å². The largest absolute Gasteiger partial charge is 0.497 e. The Hall–Kier alpha value is -2.56. The van der Waals surface area contributed by atoms with Crippen molar-refractivity contribution in [3.63, 3.8) is 0 Å². The smallest absolute Gasteiger partial charge is 0.239 e. The summed E-state index contributed by atoms with van der Waals surface area (Å²) in [6.45, 7) is 2.53. The molecule has 2 aliphatic rings. The van der Waals surface area contributed by atoms with Crippen molar-refractivity contribution in [2.24, 2.45) is 0 Å². The van der Waals surface area contributed by atoms with Crippen molar-refractivity contribution in [2.45, 2.75) is 50.5 Å². The van der Waals surface area contributed by atoms with Crippen LogP contribution in [0.25, 0.3) is 0 Å². The van der Waals surface area contributed by atoms with Crippen LogP contribution in [0.3, 0.4) is 0 Å². The quantitative estimate of drug-likeness (QED) is 0.609. The van der Waals surface area contributed by atoms with Crippen molar-refractivity contribution in [3.05, 3.63) is 40.9 Å². The summed E-state index contributed by atoms with van der Waals surface area (Å²) in [5, 5.41) is 12.1. The molecule has 3 unspecified atom stereocenters. The van der Waals surface area contributed by atoms with Crippen molar-refractivity contribution in [1.82, 2.24) is 30.0 Å². The van der Waals surface area contributed by atoms with E-state index in [1.807, 2.05) is 29.6 Å². The number of hydrogen-bond donors (Lipinski definition) is 2. The molecule has 0 bridgehead atoms. The van der Waals surface area contributed by atoms with Gasteiger partial charge in [0, 0.05) is 50.1 Å². The summed E-state index contributed by atoms with van der Waals surface area (Å²) in [6.07, 6.45) is 2.05. The normalized spacial score (nSPS) is 23.9. The van der Waals surface area contributed by atoms with E-state index < -0.39 is 0 Å². The second-order valence-corrected chi connectivity index (χ2v) is 9.01. The first-order valence-corrected chi connectivity index (χ1v) is 11.8. The standard InChI is InChI=1S/C22H30N6O3S/c1-27-17(5-8-20(29)23-11-15-3-6-18(31-2)7-4-15)12-24-22(30)21-19(27)9-10-28(21)13-16-14-32-26-25-16/h3-4,6-7,14,17,19,21H,5,8-13H2,1-2H3,(H,23,29)(H,24,30). The number of amides is 2. The van der Waals surface area contributed by atoms with Crippen molar-refractivity contribution < 1.29 is 14.3 Å². The molecule has 3 atom stereocenters. The van der Waals surface area contributed by atoms with Gasteiger partial charge >= 0.3 is 0 Å². The molecule has 9 nitrogen and oxygen atoms in total. The van der Waals surface area contributed by atoms with E-state index in [0.29, 0.717) is 32.5 Å². The molecule has 172 valence electrons. The highest BCUT2D eigenvalue weighted by Crippen LogP contribution is 2.28. The van der Waals surface area contributed by atoms with E-state index >= 15 is 0 Å². The van der Waals surface area contributed by atoms with E-state index in [1.165, 1.54) is 11.5 Å². The zero-order valence-electron chi connectivity index (χ0n) is 18.5. The highest BCUT2D eigenvalue weighted by Gasteiger charge is 2.45. The minimum Gasteiger partial charge on any atom is -0.497 e. The lowest BCUT2D eigenvalue weighted by Crippen LogP contribution is -2.49. The summed E-state index contributed by atoms with van der Waals surface area (Å²) in [5.41, 5.74) is 1.93. The topological polar surface area (TPSA) is 99.7 Å². The van der Waals surface area contributed by atoms with Gasteiger partial charge in [-0.25, -0.2) is 0 Å². The number of hydrogen-bond acceptors (Lipinski definition) is 8. The lowest BCUT2D eigenvalue weighted by atomic mass is 10.0. The number of nitrogens with zero attached hydrogens (tertiary/aromatic N) is 4. The highest BCUT2D eigenvalue weighted by atomic mass is 32.1. The SMILES string of the molecule is COc1ccc(CNC(=O)CCC2CNC(=O)C3C(CCN3Cc3csnn3)N2C)cc1. The average molecular weight is 459 g/mol. The van der Waals surface area contributed by atoms with Gasteiger partial charge in [0.1, 0.15) is 11.8 Å². The predicted octanol–water partition coefficient (Wildman–Crippen LogP) is 1.02. The third kappa shape index (κ3) is 5.25. The van der Waals surface area contributed by atoms with Gasteiger partial charge < -0.3 is 15.4 Å². The number of nitrogens with one attached hydrogen (secondary N) is 2. The minimum absolute atomic E-state index is 0.0189. The lowest BCUT2D eigenvalue weighted by Gasteiger charge is -2.33. The van der Waals surface area contributed by atoms with Crippen LogP contribution in [0.15, 0.2) is 29.6 Å². The van der Waals surface area contributed by atoms with E-state index in [9.17, 15) is 9.59 Å². The number of fused-ring (bicyclic) bond motifs is 1. The van der Waals surface area contributed by atoms with Crippen LogP contribution in [0, 0.1) is 0 Å². The van der Waals surface area contributed by atoms with Gasteiger partial charge in [0.2, 0.25) is 11.8 Å². The maximum atomic E-state index is 12.9. The van der Waals surface area contributed by atoms with Gasteiger partial charge in [-0.15, -0.1) is 5.10 Å². The summed E-state index contributed by atoms with van der Waals surface area (Å²) < 4.78 is 9.09. The zero-order chi connectivity index (χ0) is 22.5. The number of benzene rings is 1. The fourth-order valence-corrected chi connectivity index (χ4v) is 5.06. The molecule has 0 radical (unpaired) electrons. The summed E-state index contributed by atoms with van der Waals surface area (Å²) in [7, 11) is 3.71. The number of carbonyl (C=O) groups excluding carboxylic acids is 2. The molecule has 0 spiro atoms. The van der Waals surface area contributed by atoms with E-state index in [2.05, 4.69) is 37.1 Å². The number of rotatable bonds is 8. The molecule has 32 heavy (non-hydrogen) atoms. The molecule has 2 aliphatic heterocycles. The lowest BCUT2D eigenvalue weighted by molar-refractivity contribution is -0.126. The van der Waals surface area contributed by atoms with Crippen molar-refractivity contribution >= 4 is 23.3 Å². The van der Waals surface area contributed by atoms with Crippen molar-refractivity contribution in [2.75, 3.05) is 27.2 Å². The molecule has 0 saturated carbocycles. The maximum absolute atomic E-state index is 12.9. The fourth-order valence-electron chi connectivity index (χ4n) is 4.62. The molecule has 2 aromatic rings. The van der Waals surface area contributed by atoms with Gasteiger partial charge in [-0.05, 0) is 49.1 Å². The summed E-state index contributed by atoms with van der Waals surface area (Å²) in [5.74, 6) is 0.880. The van der Waals surface area contributed by atoms with Crippen LogP contribution >= 0.6 is 11.5 Å². The third-order valence-electron chi connectivity index (χ3n) is 6.47. The predicted molar refractivity (Wildman–Crippen MR) is 121 cm³/mol. The van der Waals surface area contributed by atoms with Gasteiger partial charge in [-0.1, -0.05) is 16.6 Å². The average Bonchev–Trinajstić information content (AvgIpc) is 3.45. The number of likely N-dealkylation sites (tertiary alicyclic amines) is 1. The summed E-state index contributed by atoms with van der Waals surface area (Å²) in [4.78, 5) is 29.8. The first-order valence-electron chi connectivity index (χ1n) is 10.9. The molecule has 4 rings (SSSR count). The molecule has 2 amide bonds. The molecular weight excluding hydrogens is 428 g/mol. The van der Waals surface area contributed by atoms with Crippen molar-refractivity contribution in [3.8, 4) is 5.75 Å². The Bertz CT molecular complexity index is 907. The second-order valence-electron chi connectivity index (χ2n) is 8.40. The molecule has 2 saturated heterocycles. The van der Waals surface area contributed by atoms with Gasteiger partial charge in [0.25, 0.3) is 0 Å². The molecule has 3 heterocycles. The summed E-state index contributed by atoms with van der Waals surface area (Å²) in [6, 6.07) is 7.73. The number of aromatic nitrogens is 2. The number of methoxy groups -OCH3 is 1. The fraction of sp³-hybridized carbons (Fsp3) is 0.545. The molecule has 10 heteroatoms. The van der Waals surface area contributed by atoms with Gasteiger partial charge in [-0.3, -0.25) is 19.4 Å². The van der Waals surface area contributed by atoms with E-state index in [1.54, 1.807) is 7.11 Å². The van der Waals surface area contributed by atoms with E-state index in [-0.39, 0.29) is 29.9 Å². The first-order chi connectivity index (χ1) is 15.5. The number of ether oxygens (including phenoxy) is 1. The maximum Gasteiger partial charge on any atom is 0.239 e. The molecule has 0 aliphatic carbocycles. The van der Waals surface area contributed by atoms with Gasteiger partial charge in [0.05, 0.1) is 12.8 Å². The van der Waals surface area contributed by atoms with E-state index in [0.717, 1.165) is 30.0 Å². The molecule has 2 N–H and O–H groups in total. The Labute approximate surface area is 192 Å². The van der Waals surface area contributed by atoms with Crippen LogP contribution < -0.4 is 15.4 Å². The minimum atomic E-state index is -0.199. The molecular formula is C22H30N6O3S. The van der Waals surface area contributed by atoms with Crippen LogP contribution in [-0.4, -0.2) is 76.6 Å². The molecule has 2 fully saturated rings. The molecule has 1 aromatic heterocycles. The number of likely N-dealkylation sites (N-methyl/N-ethyl adjacent to an activating group) is 1.